The van der Waals surface area contributed by atoms with E-state index in [0.717, 1.165) is 5.56 Å². The first-order chi connectivity index (χ1) is 12.4. The maximum absolute atomic E-state index is 11.8. The number of nitrogens with one attached hydrogen (secondary N) is 1. The SMILES string of the molecule is CN(CC(=O)O)C(=O)CCCOc1cccc2c1N=C1NC(=O)CN1C2. The molecule has 2 aliphatic rings. The fourth-order valence-electron chi connectivity index (χ4n) is 2.86. The minimum Gasteiger partial charge on any atom is -0.491 e. The summed E-state index contributed by atoms with van der Waals surface area (Å²) in [6, 6.07) is 5.61. The van der Waals surface area contributed by atoms with Gasteiger partial charge in [-0.05, 0) is 12.5 Å². The van der Waals surface area contributed by atoms with Crippen molar-refractivity contribution in [3.63, 3.8) is 0 Å². The molecule has 0 unspecified atom stereocenters. The number of carbonyl (C=O) groups excluding carboxylic acids is 2. The second-order valence-electron chi connectivity index (χ2n) is 6.20. The highest BCUT2D eigenvalue weighted by Gasteiger charge is 2.30. The van der Waals surface area contributed by atoms with Gasteiger partial charge in [-0.2, -0.15) is 0 Å². The molecule has 0 spiro atoms. The molecule has 26 heavy (non-hydrogen) atoms. The van der Waals surface area contributed by atoms with Crippen LogP contribution in [0.15, 0.2) is 23.2 Å². The minimum atomic E-state index is -1.04. The van der Waals surface area contributed by atoms with Crippen LogP contribution in [-0.4, -0.2) is 65.4 Å². The van der Waals surface area contributed by atoms with E-state index in [-0.39, 0.29) is 24.8 Å². The second-order valence-corrected chi connectivity index (χ2v) is 6.20. The molecule has 0 aliphatic carbocycles. The van der Waals surface area contributed by atoms with E-state index in [9.17, 15) is 14.4 Å². The first-order valence-electron chi connectivity index (χ1n) is 8.28. The maximum atomic E-state index is 11.8. The zero-order valence-corrected chi connectivity index (χ0v) is 14.4. The molecular weight excluding hydrogens is 340 g/mol. The normalized spacial score (nSPS) is 14.9. The number of carboxylic acids is 1. The molecule has 2 amide bonds. The lowest BCUT2D eigenvalue weighted by molar-refractivity contribution is -0.143. The van der Waals surface area contributed by atoms with E-state index in [1.165, 1.54) is 11.9 Å². The summed E-state index contributed by atoms with van der Waals surface area (Å²) < 4.78 is 5.77. The Hall–Kier alpha value is -3.10. The van der Waals surface area contributed by atoms with Crippen LogP contribution in [0, 0.1) is 0 Å². The van der Waals surface area contributed by atoms with E-state index < -0.39 is 5.97 Å². The largest absolute Gasteiger partial charge is 0.491 e. The molecule has 0 atom stereocenters. The van der Waals surface area contributed by atoms with Gasteiger partial charge in [-0.15, -0.1) is 0 Å². The Bertz CT molecular complexity index is 776. The monoisotopic (exact) mass is 360 g/mol. The zero-order valence-electron chi connectivity index (χ0n) is 14.4. The quantitative estimate of drug-likeness (QED) is 0.678. The lowest BCUT2D eigenvalue weighted by atomic mass is 10.1. The number of nitrogens with zero attached hydrogens (tertiary/aromatic N) is 3. The first-order valence-corrected chi connectivity index (χ1v) is 8.28. The smallest absolute Gasteiger partial charge is 0.323 e. The van der Waals surface area contributed by atoms with E-state index >= 15 is 0 Å². The molecule has 138 valence electrons. The number of hydrogen-bond acceptors (Lipinski definition) is 6. The van der Waals surface area contributed by atoms with Crippen molar-refractivity contribution in [3.05, 3.63) is 23.8 Å². The molecule has 0 aromatic heterocycles. The molecule has 1 aromatic carbocycles. The Morgan fingerprint density at radius 2 is 2.19 bits per heavy atom. The van der Waals surface area contributed by atoms with Crippen molar-refractivity contribution in [1.82, 2.24) is 15.1 Å². The summed E-state index contributed by atoms with van der Waals surface area (Å²) in [5, 5.41) is 11.4. The van der Waals surface area contributed by atoms with Crippen molar-refractivity contribution in [2.45, 2.75) is 19.4 Å². The minimum absolute atomic E-state index is 0.0805. The van der Waals surface area contributed by atoms with Gasteiger partial charge >= 0.3 is 5.97 Å². The molecule has 1 fully saturated rings. The molecular formula is C17H20N4O5. The number of amides is 2. The van der Waals surface area contributed by atoms with Gasteiger partial charge in [0, 0.05) is 25.6 Å². The zero-order chi connectivity index (χ0) is 18.7. The Labute approximate surface area is 150 Å². The topological polar surface area (TPSA) is 112 Å². The van der Waals surface area contributed by atoms with Crippen molar-refractivity contribution in [1.29, 1.82) is 0 Å². The van der Waals surface area contributed by atoms with Crippen LogP contribution in [0.5, 0.6) is 5.75 Å². The molecule has 0 radical (unpaired) electrons. The van der Waals surface area contributed by atoms with Gasteiger partial charge in [-0.1, -0.05) is 12.1 Å². The summed E-state index contributed by atoms with van der Waals surface area (Å²) in [6.07, 6.45) is 0.670. The van der Waals surface area contributed by atoms with Crippen LogP contribution < -0.4 is 10.1 Å². The average Bonchev–Trinajstić information content (AvgIpc) is 2.94. The number of aliphatic imine (C=N–C) groups is 1. The van der Waals surface area contributed by atoms with Gasteiger partial charge in [0.15, 0.2) is 0 Å². The summed E-state index contributed by atoms with van der Waals surface area (Å²) in [5.41, 5.74) is 1.66. The number of fused-ring (bicyclic) bond motifs is 2. The van der Waals surface area contributed by atoms with Crippen LogP contribution in [0.25, 0.3) is 0 Å². The van der Waals surface area contributed by atoms with Crippen LogP contribution >= 0.6 is 0 Å². The average molecular weight is 360 g/mol. The van der Waals surface area contributed by atoms with E-state index in [2.05, 4.69) is 10.3 Å². The molecule has 0 saturated carbocycles. The van der Waals surface area contributed by atoms with Crippen molar-refractivity contribution >= 4 is 29.4 Å². The van der Waals surface area contributed by atoms with Crippen LogP contribution in [-0.2, 0) is 20.9 Å². The van der Waals surface area contributed by atoms with Gasteiger partial charge in [0.05, 0.1) is 6.61 Å². The summed E-state index contributed by atoms with van der Waals surface area (Å²) in [4.78, 5) is 41.4. The van der Waals surface area contributed by atoms with Gasteiger partial charge in [0.25, 0.3) is 0 Å². The first kappa shape index (κ1) is 17.7. The maximum Gasteiger partial charge on any atom is 0.323 e. The third kappa shape index (κ3) is 3.93. The predicted molar refractivity (Wildman–Crippen MR) is 92.1 cm³/mol. The van der Waals surface area contributed by atoms with E-state index in [1.807, 2.05) is 17.0 Å². The van der Waals surface area contributed by atoms with E-state index in [0.29, 0.717) is 43.5 Å². The molecule has 2 N–H and O–H groups in total. The molecule has 2 heterocycles. The third-order valence-corrected chi connectivity index (χ3v) is 4.14. The second kappa shape index (κ2) is 7.42. The van der Waals surface area contributed by atoms with Crippen LogP contribution in [0.1, 0.15) is 18.4 Å². The third-order valence-electron chi connectivity index (χ3n) is 4.14. The number of guanidine groups is 1. The molecule has 9 heteroatoms. The lowest BCUT2D eigenvalue weighted by Gasteiger charge is -2.24. The number of benzene rings is 1. The van der Waals surface area contributed by atoms with Gasteiger partial charge in [0.1, 0.15) is 24.5 Å². The fraction of sp³-hybridized carbons (Fsp3) is 0.412. The molecule has 9 nitrogen and oxygen atoms in total. The Kier molecular flexibility index (Phi) is 5.06. The van der Waals surface area contributed by atoms with Gasteiger partial charge < -0.3 is 19.6 Å². The molecule has 3 rings (SSSR count). The fourth-order valence-corrected chi connectivity index (χ4v) is 2.86. The van der Waals surface area contributed by atoms with Crippen molar-refractivity contribution in [3.8, 4) is 5.75 Å². The highest BCUT2D eigenvalue weighted by Crippen LogP contribution is 2.36. The van der Waals surface area contributed by atoms with Gasteiger partial charge in [-0.3, -0.25) is 19.7 Å². The number of carbonyl (C=O) groups is 3. The molecule has 0 bridgehead atoms. The number of ether oxygens (including phenoxy) is 1. The number of rotatable bonds is 7. The molecule has 1 saturated heterocycles. The summed E-state index contributed by atoms with van der Waals surface area (Å²) in [5.74, 6) is -0.231. The molecule has 2 aliphatic heterocycles. The summed E-state index contributed by atoms with van der Waals surface area (Å²) in [7, 11) is 1.46. The molecule has 1 aromatic rings. The number of aliphatic carboxylic acids is 1. The van der Waals surface area contributed by atoms with Crippen LogP contribution in [0.2, 0.25) is 0 Å². The Morgan fingerprint density at radius 1 is 1.38 bits per heavy atom. The van der Waals surface area contributed by atoms with Crippen molar-refractivity contribution in [2.75, 3.05) is 26.7 Å². The summed E-state index contributed by atoms with van der Waals surface area (Å²) >= 11 is 0. The van der Waals surface area contributed by atoms with Crippen LogP contribution in [0.3, 0.4) is 0 Å². The number of para-hydroxylation sites is 1. The standard InChI is InChI=1S/C17H20N4O5/c1-20(10-15(24)25)14(23)6-3-7-26-12-5-2-4-11-8-21-9-13(22)18-17(21)19-16(11)12/h2,4-5H,3,6-10H2,1H3,(H,24,25)(H,18,19,22). The Balaban J connectivity index is 1.56. The number of carboxylic acid groups (broad SMARTS) is 1. The van der Waals surface area contributed by atoms with Gasteiger partial charge in [0.2, 0.25) is 17.8 Å². The Morgan fingerprint density at radius 3 is 2.96 bits per heavy atom. The highest BCUT2D eigenvalue weighted by atomic mass is 16.5. The predicted octanol–water partition coefficient (Wildman–Crippen LogP) is 0.321. The van der Waals surface area contributed by atoms with Crippen LogP contribution in [0.4, 0.5) is 5.69 Å². The van der Waals surface area contributed by atoms with Crippen molar-refractivity contribution in [2.24, 2.45) is 4.99 Å². The number of likely N-dealkylation sites (N-methyl/N-ethyl adjacent to an activating group) is 1. The van der Waals surface area contributed by atoms with Crippen molar-refractivity contribution < 1.29 is 24.2 Å². The van der Waals surface area contributed by atoms with E-state index in [4.69, 9.17) is 9.84 Å². The van der Waals surface area contributed by atoms with Gasteiger partial charge in [-0.25, -0.2) is 4.99 Å². The number of hydrogen-bond donors (Lipinski definition) is 2. The highest BCUT2D eigenvalue weighted by molar-refractivity contribution is 6.06. The van der Waals surface area contributed by atoms with E-state index in [1.54, 1.807) is 6.07 Å². The summed E-state index contributed by atoms with van der Waals surface area (Å²) in [6.45, 7) is 0.882. The lowest BCUT2D eigenvalue weighted by Crippen LogP contribution is -2.32.